The summed E-state index contributed by atoms with van der Waals surface area (Å²) in [6.45, 7) is 12.8. The van der Waals surface area contributed by atoms with Gasteiger partial charge in [0.05, 0.1) is 0 Å². The van der Waals surface area contributed by atoms with Gasteiger partial charge in [-0.25, -0.2) is 0 Å². The first kappa shape index (κ1) is 31.2. The van der Waals surface area contributed by atoms with E-state index in [9.17, 15) is 0 Å². The Hall–Kier alpha value is -4.24. The molecule has 4 heteroatoms. The maximum Gasteiger partial charge on any atom is 0.0192 e. The average Bonchev–Trinajstić information content (AvgIpc) is 3.25. The van der Waals surface area contributed by atoms with Crippen LogP contribution in [-0.2, 0) is 25.5 Å². The molecule has 0 amide bonds. The molecule has 0 aliphatic heterocycles. The van der Waals surface area contributed by atoms with Crippen LogP contribution in [0.15, 0.2) is 103 Å². The van der Waals surface area contributed by atoms with E-state index in [1.165, 1.54) is 50.1 Å². The minimum atomic E-state index is 0. The molecule has 0 unspecified atom stereocenters. The van der Waals surface area contributed by atoms with Crippen LogP contribution in [0.5, 0.6) is 0 Å². The first-order valence-corrected chi connectivity index (χ1v) is 14.7. The average molecular weight is 750 g/mol. The number of hydrogen-bond acceptors (Lipinski definition) is 3. The molecule has 0 spiro atoms. The van der Waals surface area contributed by atoms with Gasteiger partial charge in [0.15, 0.2) is 0 Å². The predicted molar refractivity (Wildman–Crippen MR) is 177 cm³/mol. The number of benzene rings is 3. The molecular weight excluding hydrogens is 715 g/mol. The Morgan fingerprint density at radius 1 is 0.614 bits per heavy atom. The zero-order valence-electron chi connectivity index (χ0n) is 26.0. The number of nitrogens with zero attached hydrogens (tertiary/aromatic N) is 3. The number of fused-ring (bicyclic) bond motifs is 3. The Morgan fingerprint density at radius 2 is 1.34 bits per heavy atom. The third-order valence-corrected chi connectivity index (χ3v) is 8.43. The normalized spacial score (nSPS) is 12.3. The van der Waals surface area contributed by atoms with E-state index in [0.717, 1.165) is 28.3 Å². The van der Waals surface area contributed by atoms with Crippen LogP contribution in [0.1, 0.15) is 47.4 Å². The van der Waals surface area contributed by atoms with Crippen LogP contribution in [-0.4, -0.2) is 15.0 Å². The topological polar surface area (TPSA) is 38.7 Å². The van der Waals surface area contributed by atoms with Gasteiger partial charge < -0.3 is 9.97 Å². The zero-order chi connectivity index (χ0) is 30.1. The molecule has 1 aliphatic rings. The van der Waals surface area contributed by atoms with E-state index >= 15 is 0 Å². The first-order chi connectivity index (χ1) is 20.7. The second-order valence-corrected chi connectivity index (χ2v) is 11.8. The minimum absolute atomic E-state index is 0. The largest absolute Gasteiger partial charge is 0.318 e. The van der Waals surface area contributed by atoms with Crippen molar-refractivity contribution in [2.75, 3.05) is 0 Å². The van der Waals surface area contributed by atoms with Gasteiger partial charge in [-0.3, -0.25) is 4.98 Å². The summed E-state index contributed by atoms with van der Waals surface area (Å²) < 4.78 is 0. The second-order valence-electron chi connectivity index (χ2n) is 11.8. The van der Waals surface area contributed by atoms with Crippen LogP contribution in [0, 0.1) is 39.8 Å². The fourth-order valence-electron chi connectivity index (χ4n) is 5.74. The van der Waals surface area contributed by atoms with Crippen molar-refractivity contribution in [3.63, 3.8) is 0 Å². The summed E-state index contributed by atoms with van der Waals surface area (Å²) in [6.07, 6.45) is 3.93. The molecule has 1 radical (unpaired) electrons. The fourth-order valence-corrected chi connectivity index (χ4v) is 5.74. The maximum atomic E-state index is 4.65. The number of rotatable bonds is 3. The number of aryl methyl sites for hydroxylation is 4. The first-order valence-electron chi connectivity index (χ1n) is 14.7. The molecule has 0 fully saturated rings. The van der Waals surface area contributed by atoms with Crippen LogP contribution in [0.2, 0.25) is 0 Å². The van der Waals surface area contributed by atoms with Crippen LogP contribution in [0.4, 0.5) is 0 Å². The van der Waals surface area contributed by atoms with E-state index in [-0.39, 0.29) is 25.5 Å². The molecule has 3 aromatic carbocycles. The molecule has 221 valence electrons. The summed E-state index contributed by atoms with van der Waals surface area (Å²) in [5.41, 5.74) is 16.1. The molecule has 3 aromatic heterocycles. The van der Waals surface area contributed by atoms with Gasteiger partial charge in [-0.1, -0.05) is 98.6 Å². The smallest absolute Gasteiger partial charge is 0.0192 e. The van der Waals surface area contributed by atoms with Gasteiger partial charge in [-0.05, 0) is 76.9 Å². The fraction of sp³-hybridized carbons (Fsp3) is 0.175. The molecule has 3 nitrogen and oxygen atoms in total. The van der Waals surface area contributed by atoms with Gasteiger partial charge in [-0.2, -0.15) is 12.1 Å². The SMILES string of the molecule is Cc1cc[c-]c(-c2cc3c(cn2)C(C)(C)c2ccccc2-3)n1.Cc1cnc(-c2[c-]cc(C)c(-c3ccccc3)c2)cc1C.[Ir]. The number of aromatic nitrogens is 3. The minimum Gasteiger partial charge on any atom is -0.318 e. The number of hydrogen-bond donors (Lipinski definition) is 0. The predicted octanol–water partition coefficient (Wildman–Crippen LogP) is 9.70. The number of pyridine rings is 3. The van der Waals surface area contributed by atoms with Crippen molar-refractivity contribution in [1.29, 1.82) is 0 Å². The van der Waals surface area contributed by atoms with E-state index < -0.39 is 0 Å². The molecule has 0 bridgehead atoms. The molecule has 0 atom stereocenters. The van der Waals surface area contributed by atoms with Crippen molar-refractivity contribution in [2.24, 2.45) is 0 Å². The van der Waals surface area contributed by atoms with E-state index in [1.807, 2.05) is 37.5 Å². The van der Waals surface area contributed by atoms with Crippen molar-refractivity contribution in [2.45, 2.75) is 47.0 Å². The maximum absolute atomic E-state index is 4.65. The van der Waals surface area contributed by atoms with Gasteiger partial charge >= 0.3 is 0 Å². The Bertz CT molecular complexity index is 1940. The molecule has 0 saturated carbocycles. The molecular formula is C40H35IrN3-2. The van der Waals surface area contributed by atoms with Gasteiger partial charge in [0.1, 0.15) is 0 Å². The standard InChI is InChI=1S/C20H17N2.C20H18N.Ir/c1-13-7-6-10-18(22-13)19-11-15-14-8-4-5-9-16(14)20(2,3)17(15)12-21-19;1-14-9-10-18(20-11-15(2)16(3)13-21-20)12-19(14)17-7-5-4-6-8-17;/h4-9,11-12H,1-3H3;4-9,11-13H,1-3H3;/q2*-1;. The Kier molecular flexibility index (Phi) is 9.06. The van der Waals surface area contributed by atoms with Gasteiger partial charge in [0, 0.05) is 37.9 Å². The summed E-state index contributed by atoms with van der Waals surface area (Å²) in [6, 6.07) is 38.0. The molecule has 44 heavy (non-hydrogen) atoms. The van der Waals surface area contributed by atoms with Gasteiger partial charge in [0.2, 0.25) is 0 Å². The van der Waals surface area contributed by atoms with Crippen LogP contribution < -0.4 is 0 Å². The van der Waals surface area contributed by atoms with Crippen LogP contribution >= 0.6 is 0 Å². The zero-order valence-corrected chi connectivity index (χ0v) is 28.4. The van der Waals surface area contributed by atoms with E-state index in [1.54, 1.807) is 0 Å². The van der Waals surface area contributed by atoms with Crippen LogP contribution in [0.3, 0.4) is 0 Å². The Morgan fingerprint density at radius 3 is 2.09 bits per heavy atom. The molecule has 0 saturated heterocycles. The van der Waals surface area contributed by atoms with Crippen LogP contribution in [0.25, 0.3) is 44.9 Å². The summed E-state index contributed by atoms with van der Waals surface area (Å²) in [7, 11) is 0. The summed E-state index contributed by atoms with van der Waals surface area (Å²) in [5.74, 6) is 0. The van der Waals surface area contributed by atoms with Gasteiger partial charge in [0.25, 0.3) is 0 Å². The summed E-state index contributed by atoms with van der Waals surface area (Å²) >= 11 is 0. The van der Waals surface area contributed by atoms with Crippen molar-refractivity contribution in [3.8, 4) is 44.9 Å². The summed E-state index contributed by atoms with van der Waals surface area (Å²) in [5, 5.41) is 0. The Labute approximate surface area is 274 Å². The van der Waals surface area contributed by atoms with Crippen molar-refractivity contribution < 1.29 is 20.1 Å². The monoisotopic (exact) mass is 750 g/mol. The molecule has 7 rings (SSSR count). The molecule has 1 aliphatic carbocycles. The van der Waals surface area contributed by atoms with Crippen molar-refractivity contribution in [3.05, 3.63) is 149 Å². The third kappa shape index (κ3) is 6.06. The van der Waals surface area contributed by atoms with Crippen molar-refractivity contribution >= 4 is 0 Å². The Balaban J connectivity index is 0.000000171. The van der Waals surface area contributed by atoms with Gasteiger partial charge in [-0.15, -0.1) is 35.4 Å². The molecule has 3 heterocycles. The molecule has 0 N–H and O–H groups in total. The third-order valence-electron chi connectivity index (χ3n) is 8.43. The molecule has 6 aromatic rings. The van der Waals surface area contributed by atoms with E-state index in [4.69, 9.17) is 0 Å². The second kappa shape index (κ2) is 12.8. The summed E-state index contributed by atoms with van der Waals surface area (Å²) in [4.78, 5) is 13.7. The quantitative estimate of drug-likeness (QED) is 0.169. The van der Waals surface area contributed by atoms with E-state index in [2.05, 4.69) is 134 Å². The van der Waals surface area contributed by atoms with E-state index in [0.29, 0.717) is 0 Å². The van der Waals surface area contributed by atoms with Crippen molar-refractivity contribution in [1.82, 2.24) is 15.0 Å².